The lowest BCUT2D eigenvalue weighted by Gasteiger charge is -2.40. The molecule has 0 N–H and O–H groups in total. The molecule has 2 aliphatic heterocycles. The van der Waals surface area contributed by atoms with Gasteiger partial charge in [-0.3, -0.25) is 4.79 Å². The molecule has 2 aromatic heterocycles. The molecule has 3 aromatic rings. The first-order valence-electron chi connectivity index (χ1n) is 11.7. The number of halogens is 1. The third-order valence-corrected chi connectivity index (χ3v) is 7.24. The van der Waals surface area contributed by atoms with Crippen LogP contribution in [0.3, 0.4) is 0 Å². The monoisotopic (exact) mass is 435 g/mol. The molecule has 1 atom stereocenters. The maximum atomic E-state index is 14.0. The van der Waals surface area contributed by atoms with Crippen molar-refractivity contribution in [3.8, 4) is 0 Å². The van der Waals surface area contributed by atoms with Crippen LogP contribution in [0.25, 0.3) is 5.65 Å². The summed E-state index contributed by atoms with van der Waals surface area (Å²) >= 11 is 0. The molecule has 0 saturated carbocycles. The van der Waals surface area contributed by atoms with Crippen LogP contribution in [0.15, 0.2) is 55.0 Å². The molecule has 2 saturated heterocycles. The zero-order valence-corrected chi connectivity index (χ0v) is 18.4. The van der Waals surface area contributed by atoms with Gasteiger partial charge >= 0.3 is 0 Å². The Balaban J connectivity index is 1.30. The van der Waals surface area contributed by atoms with Crippen LogP contribution in [0, 0.1) is 11.7 Å². The van der Waals surface area contributed by atoms with Gasteiger partial charge in [0.1, 0.15) is 11.5 Å². The molecule has 1 aromatic carbocycles. The fourth-order valence-corrected chi connectivity index (χ4v) is 5.43. The van der Waals surface area contributed by atoms with Gasteiger partial charge in [-0.2, -0.15) is 0 Å². The van der Waals surface area contributed by atoms with Gasteiger partial charge in [-0.05, 0) is 73.8 Å². The Bertz CT molecular complexity index is 1090. The minimum atomic E-state index is -0.674. The van der Waals surface area contributed by atoms with Crippen molar-refractivity contribution in [2.45, 2.75) is 43.9 Å². The SMILES string of the molecule is O=C(N1CCC[C@H](Cc2ccc3nccn3c2)CC1)C1(c2cccc(F)c2)CCOCC1. The summed E-state index contributed by atoms with van der Waals surface area (Å²) in [5, 5.41) is 0. The average molecular weight is 436 g/mol. The van der Waals surface area contributed by atoms with Crippen molar-refractivity contribution in [2.24, 2.45) is 5.92 Å². The predicted octanol–water partition coefficient (Wildman–Crippen LogP) is 4.39. The van der Waals surface area contributed by atoms with Gasteiger partial charge in [-0.25, -0.2) is 9.37 Å². The van der Waals surface area contributed by atoms with E-state index in [1.807, 2.05) is 23.4 Å². The number of carbonyl (C=O) groups is 1. The summed E-state index contributed by atoms with van der Waals surface area (Å²) in [7, 11) is 0. The van der Waals surface area contributed by atoms with Gasteiger partial charge in [0.05, 0.1) is 5.41 Å². The lowest BCUT2D eigenvalue weighted by Crippen LogP contribution is -2.50. The van der Waals surface area contributed by atoms with E-state index in [4.69, 9.17) is 4.74 Å². The van der Waals surface area contributed by atoms with Gasteiger partial charge in [-0.1, -0.05) is 18.2 Å². The van der Waals surface area contributed by atoms with E-state index in [-0.39, 0.29) is 11.7 Å². The Morgan fingerprint density at radius 1 is 1.16 bits per heavy atom. The molecule has 5 rings (SSSR count). The lowest BCUT2D eigenvalue weighted by atomic mass is 9.73. The number of nitrogens with zero attached hydrogens (tertiary/aromatic N) is 3. The Morgan fingerprint density at radius 3 is 2.88 bits per heavy atom. The molecule has 2 fully saturated rings. The van der Waals surface area contributed by atoms with Gasteiger partial charge in [0, 0.05) is 44.9 Å². The van der Waals surface area contributed by atoms with Gasteiger partial charge in [0.15, 0.2) is 0 Å². The Morgan fingerprint density at radius 2 is 2.03 bits per heavy atom. The van der Waals surface area contributed by atoms with Crippen molar-refractivity contribution < 1.29 is 13.9 Å². The summed E-state index contributed by atoms with van der Waals surface area (Å²) in [6.07, 6.45) is 11.3. The fraction of sp³-hybridized carbons (Fsp3) is 0.462. The number of likely N-dealkylation sites (tertiary alicyclic amines) is 1. The van der Waals surface area contributed by atoms with Crippen LogP contribution in [0.2, 0.25) is 0 Å². The van der Waals surface area contributed by atoms with Crippen molar-refractivity contribution in [3.63, 3.8) is 0 Å². The standard InChI is InChI=1S/C26H30FN3O2/c27-23-5-1-4-22(18-23)26(9-15-32-16-10-26)25(31)29-12-2-3-20(8-13-29)17-21-6-7-24-28-11-14-30(24)19-21/h1,4-7,11,14,18-20H,2-3,8-10,12-13,15-17H2/t20-/m0/s1. The number of pyridine rings is 1. The molecule has 0 unspecified atom stereocenters. The zero-order chi connectivity index (χ0) is 22.0. The number of fused-ring (bicyclic) bond motifs is 1. The average Bonchev–Trinajstić information content (AvgIpc) is 3.16. The third-order valence-electron chi connectivity index (χ3n) is 7.24. The van der Waals surface area contributed by atoms with Gasteiger partial charge in [0.25, 0.3) is 0 Å². The molecule has 0 bridgehead atoms. The fourth-order valence-electron chi connectivity index (χ4n) is 5.43. The lowest BCUT2D eigenvalue weighted by molar-refractivity contribution is -0.141. The van der Waals surface area contributed by atoms with E-state index in [0.717, 1.165) is 50.0 Å². The quantitative estimate of drug-likeness (QED) is 0.611. The second-order valence-electron chi connectivity index (χ2n) is 9.23. The summed E-state index contributed by atoms with van der Waals surface area (Å²) in [6.45, 7) is 2.60. The minimum Gasteiger partial charge on any atom is -0.381 e. The van der Waals surface area contributed by atoms with E-state index in [0.29, 0.717) is 32.0 Å². The maximum absolute atomic E-state index is 14.0. The second-order valence-corrected chi connectivity index (χ2v) is 9.23. The van der Waals surface area contributed by atoms with Gasteiger partial charge in [-0.15, -0.1) is 0 Å². The molecular weight excluding hydrogens is 405 g/mol. The van der Waals surface area contributed by atoms with Crippen molar-refractivity contribution in [1.82, 2.24) is 14.3 Å². The normalized spacial score (nSPS) is 21.4. The highest BCUT2D eigenvalue weighted by molar-refractivity contribution is 5.88. The molecule has 4 heterocycles. The third kappa shape index (κ3) is 4.16. The molecule has 0 radical (unpaired) electrons. The maximum Gasteiger partial charge on any atom is 0.233 e. The van der Waals surface area contributed by atoms with E-state index >= 15 is 0 Å². The zero-order valence-electron chi connectivity index (χ0n) is 18.4. The molecular formula is C26H30FN3O2. The summed E-state index contributed by atoms with van der Waals surface area (Å²) in [5.74, 6) is 0.410. The Labute approximate surface area is 188 Å². The number of carbonyl (C=O) groups excluding carboxylic acids is 1. The first kappa shape index (κ1) is 21.1. The van der Waals surface area contributed by atoms with E-state index in [1.165, 1.54) is 17.7 Å². The van der Waals surface area contributed by atoms with Gasteiger partial charge < -0.3 is 14.0 Å². The van der Waals surface area contributed by atoms with Crippen molar-refractivity contribution in [1.29, 1.82) is 0 Å². The Kier molecular flexibility index (Phi) is 5.96. The summed E-state index contributed by atoms with van der Waals surface area (Å²) in [4.78, 5) is 20.2. The number of hydrogen-bond acceptors (Lipinski definition) is 3. The van der Waals surface area contributed by atoms with E-state index in [2.05, 4.69) is 27.7 Å². The summed E-state index contributed by atoms with van der Waals surface area (Å²) in [5.41, 5.74) is 2.39. The van der Waals surface area contributed by atoms with E-state index in [1.54, 1.807) is 6.07 Å². The first-order valence-corrected chi connectivity index (χ1v) is 11.7. The summed E-state index contributed by atoms with van der Waals surface area (Å²) in [6, 6.07) is 10.8. The number of imidazole rings is 1. The van der Waals surface area contributed by atoms with Crippen molar-refractivity contribution >= 4 is 11.6 Å². The second kappa shape index (κ2) is 9.02. The van der Waals surface area contributed by atoms with Crippen LogP contribution >= 0.6 is 0 Å². The number of benzene rings is 1. The van der Waals surface area contributed by atoms with Crippen LogP contribution < -0.4 is 0 Å². The van der Waals surface area contributed by atoms with Crippen LogP contribution in [-0.2, 0) is 21.4 Å². The number of aromatic nitrogens is 2. The van der Waals surface area contributed by atoms with Crippen LogP contribution in [-0.4, -0.2) is 46.5 Å². The highest BCUT2D eigenvalue weighted by Gasteiger charge is 2.44. The van der Waals surface area contributed by atoms with Crippen LogP contribution in [0.4, 0.5) is 4.39 Å². The number of ether oxygens (including phenoxy) is 1. The molecule has 5 nitrogen and oxygen atoms in total. The largest absolute Gasteiger partial charge is 0.381 e. The predicted molar refractivity (Wildman–Crippen MR) is 121 cm³/mol. The van der Waals surface area contributed by atoms with E-state index in [9.17, 15) is 9.18 Å². The van der Waals surface area contributed by atoms with Crippen molar-refractivity contribution in [2.75, 3.05) is 26.3 Å². The number of rotatable bonds is 4. The highest BCUT2D eigenvalue weighted by Crippen LogP contribution is 2.38. The van der Waals surface area contributed by atoms with Crippen LogP contribution in [0.1, 0.15) is 43.2 Å². The molecule has 32 heavy (non-hydrogen) atoms. The minimum absolute atomic E-state index is 0.145. The number of amides is 1. The molecule has 6 heteroatoms. The Hall–Kier alpha value is -2.73. The smallest absolute Gasteiger partial charge is 0.233 e. The van der Waals surface area contributed by atoms with Gasteiger partial charge in [0.2, 0.25) is 5.91 Å². The van der Waals surface area contributed by atoms with Crippen LogP contribution in [0.5, 0.6) is 0 Å². The molecule has 2 aliphatic rings. The van der Waals surface area contributed by atoms with Crippen molar-refractivity contribution in [3.05, 3.63) is 71.9 Å². The molecule has 0 aliphatic carbocycles. The summed E-state index contributed by atoms with van der Waals surface area (Å²) < 4.78 is 21.7. The first-order chi connectivity index (χ1) is 15.6. The molecule has 0 spiro atoms. The van der Waals surface area contributed by atoms with E-state index < -0.39 is 5.41 Å². The number of hydrogen-bond donors (Lipinski definition) is 0. The molecule has 1 amide bonds. The topological polar surface area (TPSA) is 46.8 Å². The molecule has 168 valence electrons. The highest BCUT2D eigenvalue weighted by atomic mass is 19.1.